The van der Waals surface area contributed by atoms with Crippen molar-refractivity contribution in [2.75, 3.05) is 0 Å². The van der Waals surface area contributed by atoms with Crippen LogP contribution in [0.25, 0.3) is 0 Å². The lowest BCUT2D eigenvalue weighted by Crippen LogP contribution is -2.08. The third-order valence-corrected chi connectivity index (χ3v) is 3.14. The van der Waals surface area contributed by atoms with E-state index in [1.54, 1.807) is 0 Å². The van der Waals surface area contributed by atoms with Crippen LogP contribution in [0.1, 0.15) is 35.2 Å². The van der Waals surface area contributed by atoms with Crippen LogP contribution in [0.5, 0.6) is 5.75 Å². The van der Waals surface area contributed by atoms with Gasteiger partial charge >= 0.3 is 0 Å². The zero-order valence-electron chi connectivity index (χ0n) is 11.8. The summed E-state index contributed by atoms with van der Waals surface area (Å²) in [4.78, 5) is 0. The molecule has 0 saturated heterocycles. The molecule has 0 spiro atoms. The van der Waals surface area contributed by atoms with E-state index in [9.17, 15) is 0 Å². The molecule has 2 N–H and O–H groups in total. The Balaban J connectivity index is 2.17. The van der Waals surface area contributed by atoms with Crippen molar-refractivity contribution < 1.29 is 4.74 Å². The Kier molecular flexibility index (Phi) is 4.23. The van der Waals surface area contributed by atoms with E-state index in [-0.39, 0.29) is 6.04 Å². The average Bonchev–Trinajstić information content (AvgIpc) is 2.36. The van der Waals surface area contributed by atoms with Gasteiger partial charge in [-0.25, -0.2) is 0 Å². The summed E-state index contributed by atoms with van der Waals surface area (Å²) in [5, 5.41) is 0. The standard InChI is InChI=1S/C17H21NO/c1-12-5-4-6-15(9-12)11-19-17-10-13(2)7-8-16(17)14(3)18/h4-10,14H,11,18H2,1-3H3/t14-/m1/s1. The number of hydrogen-bond acceptors (Lipinski definition) is 2. The molecule has 2 rings (SSSR count). The van der Waals surface area contributed by atoms with E-state index in [2.05, 4.69) is 50.2 Å². The van der Waals surface area contributed by atoms with E-state index >= 15 is 0 Å². The smallest absolute Gasteiger partial charge is 0.124 e. The van der Waals surface area contributed by atoms with Crippen LogP contribution in [0.2, 0.25) is 0 Å². The molecule has 2 nitrogen and oxygen atoms in total. The van der Waals surface area contributed by atoms with Gasteiger partial charge in [-0.05, 0) is 38.0 Å². The van der Waals surface area contributed by atoms with Crippen molar-refractivity contribution in [3.8, 4) is 5.75 Å². The van der Waals surface area contributed by atoms with Gasteiger partial charge in [0.2, 0.25) is 0 Å². The Morgan fingerprint density at radius 2 is 1.79 bits per heavy atom. The van der Waals surface area contributed by atoms with Gasteiger partial charge in [0.15, 0.2) is 0 Å². The molecule has 2 aromatic carbocycles. The van der Waals surface area contributed by atoms with Crippen LogP contribution in [0, 0.1) is 13.8 Å². The fourth-order valence-corrected chi connectivity index (χ4v) is 2.11. The maximum Gasteiger partial charge on any atom is 0.124 e. The molecule has 2 aromatic rings. The van der Waals surface area contributed by atoms with Gasteiger partial charge in [-0.2, -0.15) is 0 Å². The number of aryl methyl sites for hydroxylation is 2. The second-order valence-electron chi connectivity index (χ2n) is 5.11. The van der Waals surface area contributed by atoms with Crippen molar-refractivity contribution in [2.45, 2.75) is 33.4 Å². The number of nitrogens with two attached hydrogens (primary N) is 1. The molecule has 0 aliphatic heterocycles. The highest BCUT2D eigenvalue weighted by atomic mass is 16.5. The van der Waals surface area contributed by atoms with Crippen LogP contribution in [0.3, 0.4) is 0 Å². The molecule has 0 heterocycles. The van der Waals surface area contributed by atoms with Crippen molar-refractivity contribution in [1.29, 1.82) is 0 Å². The van der Waals surface area contributed by atoms with Crippen molar-refractivity contribution >= 4 is 0 Å². The van der Waals surface area contributed by atoms with Gasteiger partial charge in [-0.15, -0.1) is 0 Å². The Morgan fingerprint density at radius 3 is 2.47 bits per heavy atom. The molecule has 0 amide bonds. The zero-order chi connectivity index (χ0) is 13.8. The van der Waals surface area contributed by atoms with Crippen LogP contribution < -0.4 is 10.5 Å². The summed E-state index contributed by atoms with van der Waals surface area (Å²) in [5.41, 5.74) is 10.6. The molecular weight excluding hydrogens is 234 g/mol. The number of hydrogen-bond donors (Lipinski definition) is 1. The van der Waals surface area contributed by atoms with Crippen LogP contribution in [-0.2, 0) is 6.61 Å². The first kappa shape index (κ1) is 13.6. The largest absolute Gasteiger partial charge is 0.489 e. The monoisotopic (exact) mass is 255 g/mol. The van der Waals surface area contributed by atoms with Crippen LogP contribution in [-0.4, -0.2) is 0 Å². The molecule has 2 heteroatoms. The van der Waals surface area contributed by atoms with E-state index in [0.717, 1.165) is 11.3 Å². The molecule has 19 heavy (non-hydrogen) atoms. The third kappa shape index (κ3) is 3.58. The van der Waals surface area contributed by atoms with E-state index < -0.39 is 0 Å². The van der Waals surface area contributed by atoms with Crippen LogP contribution >= 0.6 is 0 Å². The highest BCUT2D eigenvalue weighted by Gasteiger charge is 2.08. The predicted octanol–water partition coefficient (Wildman–Crippen LogP) is 3.90. The Labute approximate surface area is 115 Å². The quantitative estimate of drug-likeness (QED) is 0.899. The van der Waals surface area contributed by atoms with E-state index in [1.807, 2.05) is 13.0 Å². The minimum absolute atomic E-state index is 0.0203. The summed E-state index contributed by atoms with van der Waals surface area (Å²) < 4.78 is 5.94. The molecule has 0 bridgehead atoms. The SMILES string of the molecule is Cc1cccc(COc2cc(C)ccc2[C@@H](C)N)c1. The molecule has 0 fully saturated rings. The lowest BCUT2D eigenvalue weighted by Gasteiger charge is -2.15. The molecule has 1 atom stereocenters. The van der Waals surface area contributed by atoms with Gasteiger partial charge in [0.25, 0.3) is 0 Å². The summed E-state index contributed by atoms with van der Waals surface area (Å²) in [6.07, 6.45) is 0. The van der Waals surface area contributed by atoms with Crippen molar-refractivity contribution in [3.05, 3.63) is 64.7 Å². The second-order valence-corrected chi connectivity index (χ2v) is 5.11. The molecule has 0 aromatic heterocycles. The van der Waals surface area contributed by atoms with E-state index in [1.165, 1.54) is 16.7 Å². The average molecular weight is 255 g/mol. The van der Waals surface area contributed by atoms with Crippen LogP contribution in [0.4, 0.5) is 0 Å². The van der Waals surface area contributed by atoms with Gasteiger partial charge in [0, 0.05) is 11.6 Å². The summed E-state index contributed by atoms with van der Waals surface area (Å²) in [7, 11) is 0. The van der Waals surface area contributed by atoms with Crippen LogP contribution in [0.15, 0.2) is 42.5 Å². The third-order valence-electron chi connectivity index (χ3n) is 3.14. The first-order chi connectivity index (χ1) is 9.06. The fraction of sp³-hybridized carbons (Fsp3) is 0.294. The Bertz CT molecular complexity index is 561. The van der Waals surface area contributed by atoms with Gasteiger partial charge in [-0.1, -0.05) is 42.0 Å². The molecule has 0 radical (unpaired) electrons. The number of rotatable bonds is 4. The molecule has 0 unspecified atom stereocenters. The summed E-state index contributed by atoms with van der Waals surface area (Å²) in [6.45, 7) is 6.70. The zero-order valence-corrected chi connectivity index (χ0v) is 11.8. The van der Waals surface area contributed by atoms with Crippen molar-refractivity contribution in [3.63, 3.8) is 0 Å². The topological polar surface area (TPSA) is 35.2 Å². The van der Waals surface area contributed by atoms with Gasteiger partial charge < -0.3 is 10.5 Å². The predicted molar refractivity (Wildman–Crippen MR) is 79.3 cm³/mol. The lowest BCUT2D eigenvalue weighted by atomic mass is 10.1. The molecular formula is C17H21NO. The Morgan fingerprint density at radius 1 is 1.05 bits per heavy atom. The van der Waals surface area contributed by atoms with E-state index in [4.69, 9.17) is 10.5 Å². The first-order valence-electron chi connectivity index (χ1n) is 6.61. The lowest BCUT2D eigenvalue weighted by molar-refractivity contribution is 0.301. The maximum absolute atomic E-state index is 5.98. The second kappa shape index (κ2) is 5.89. The fourth-order valence-electron chi connectivity index (χ4n) is 2.11. The van der Waals surface area contributed by atoms with Crippen molar-refractivity contribution in [2.24, 2.45) is 5.73 Å². The molecule has 0 aliphatic rings. The maximum atomic E-state index is 5.98. The van der Waals surface area contributed by atoms with E-state index in [0.29, 0.717) is 6.61 Å². The minimum Gasteiger partial charge on any atom is -0.489 e. The molecule has 100 valence electrons. The number of ether oxygens (including phenoxy) is 1. The van der Waals surface area contributed by atoms with Gasteiger partial charge in [0.05, 0.1) is 0 Å². The Hall–Kier alpha value is -1.80. The van der Waals surface area contributed by atoms with Gasteiger partial charge in [-0.3, -0.25) is 0 Å². The molecule has 0 aliphatic carbocycles. The van der Waals surface area contributed by atoms with Gasteiger partial charge in [0.1, 0.15) is 12.4 Å². The molecule has 0 saturated carbocycles. The minimum atomic E-state index is -0.0203. The number of benzene rings is 2. The highest BCUT2D eigenvalue weighted by Crippen LogP contribution is 2.26. The summed E-state index contributed by atoms with van der Waals surface area (Å²) >= 11 is 0. The summed E-state index contributed by atoms with van der Waals surface area (Å²) in [5.74, 6) is 0.886. The van der Waals surface area contributed by atoms with Crippen molar-refractivity contribution in [1.82, 2.24) is 0 Å². The summed E-state index contributed by atoms with van der Waals surface area (Å²) in [6, 6.07) is 14.5. The highest BCUT2D eigenvalue weighted by molar-refractivity contribution is 5.39. The normalized spacial score (nSPS) is 12.2. The first-order valence-corrected chi connectivity index (χ1v) is 6.61.